The lowest BCUT2D eigenvalue weighted by atomic mass is 9.85. The van der Waals surface area contributed by atoms with E-state index in [-0.39, 0.29) is 0 Å². The van der Waals surface area contributed by atoms with Crippen LogP contribution in [0.15, 0.2) is 30.5 Å². The van der Waals surface area contributed by atoms with Gasteiger partial charge in [-0.1, -0.05) is 6.07 Å². The van der Waals surface area contributed by atoms with Crippen molar-refractivity contribution in [3.63, 3.8) is 0 Å². The minimum absolute atomic E-state index is 0.475. The largest absolute Gasteiger partial charge is 0.361 e. The second-order valence-corrected chi connectivity index (χ2v) is 5.39. The Morgan fingerprint density at radius 2 is 2.28 bits per heavy atom. The molecule has 96 valence electrons. The van der Waals surface area contributed by atoms with Crippen LogP contribution in [0.4, 0.5) is 0 Å². The SMILES string of the molecule is CN1CCC[C@H](CN)[C@H]1c1ccc2[nH]ccc2c1. The van der Waals surface area contributed by atoms with E-state index < -0.39 is 0 Å². The molecule has 1 saturated heterocycles. The summed E-state index contributed by atoms with van der Waals surface area (Å²) in [6.07, 6.45) is 4.51. The van der Waals surface area contributed by atoms with E-state index in [0.717, 1.165) is 6.54 Å². The van der Waals surface area contributed by atoms with E-state index in [1.54, 1.807) is 0 Å². The van der Waals surface area contributed by atoms with Crippen LogP contribution in [0.5, 0.6) is 0 Å². The van der Waals surface area contributed by atoms with Gasteiger partial charge in [-0.2, -0.15) is 0 Å². The normalized spacial score (nSPS) is 25.7. The lowest BCUT2D eigenvalue weighted by Gasteiger charge is -2.39. The van der Waals surface area contributed by atoms with Crippen LogP contribution >= 0.6 is 0 Å². The fourth-order valence-corrected chi connectivity index (χ4v) is 3.29. The fourth-order valence-electron chi connectivity index (χ4n) is 3.29. The Bertz CT molecular complexity index is 531. The van der Waals surface area contributed by atoms with Crippen molar-refractivity contribution in [1.82, 2.24) is 9.88 Å². The van der Waals surface area contributed by atoms with Crippen LogP contribution in [0.3, 0.4) is 0 Å². The number of hydrogen-bond donors (Lipinski definition) is 2. The van der Waals surface area contributed by atoms with Crippen molar-refractivity contribution in [2.24, 2.45) is 11.7 Å². The second-order valence-electron chi connectivity index (χ2n) is 5.39. The van der Waals surface area contributed by atoms with Crippen LogP contribution in [0, 0.1) is 5.92 Å². The highest BCUT2D eigenvalue weighted by Crippen LogP contribution is 2.35. The molecular formula is C15H21N3. The summed E-state index contributed by atoms with van der Waals surface area (Å²) in [4.78, 5) is 5.70. The standard InChI is InChI=1S/C15H21N3/c1-18-8-2-3-13(10-16)15(18)12-4-5-14-11(9-12)6-7-17-14/h4-7,9,13,15,17H,2-3,8,10,16H2,1H3/t13-,15-/m1/s1. The summed E-state index contributed by atoms with van der Waals surface area (Å²) in [7, 11) is 2.22. The molecule has 3 nitrogen and oxygen atoms in total. The van der Waals surface area contributed by atoms with E-state index in [0.29, 0.717) is 12.0 Å². The van der Waals surface area contributed by atoms with Gasteiger partial charge in [-0.25, -0.2) is 0 Å². The molecule has 3 heteroatoms. The van der Waals surface area contributed by atoms with Gasteiger partial charge in [-0.3, -0.25) is 4.90 Å². The number of benzene rings is 1. The minimum Gasteiger partial charge on any atom is -0.361 e. The fraction of sp³-hybridized carbons (Fsp3) is 0.467. The Morgan fingerprint density at radius 1 is 1.39 bits per heavy atom. The lowest BCUT2D eigenvalue weighted by molar-refractivity contribution is 0.125. The van der Waals surface area contributed by atoms with Crippen molar-refractivity contribution in [2.45, 2.75) is 18.9 Å². The van der Waals surface area contributed by atoms with Gasteiger partial charge >= 0.3 is 0 Å². The zero-order valence-corrected chi connectivity index (χ0v) is 10.9. The van der Waals surface area contributed by atoms with Gasteiger partial charge < -0.3 is 10.7 Å². The van der Waals surface area contributed by atoms with E-state index >= 15 is 0 Å². The van der Waals surface area contributed by atoms with Crippen molar-refractivity contribution in [1.29, 1.82) is 0 Å². The highest BCUT2D eigenvalue weighted by atomic mass is 15.1. The first-order valence-electron chi connectivity index (χ1n) is 6.77. The molecule has 0 unspecified atom stereocenters. The van der Waals surface area contributed by atoms with Crippen LogP contribution < -0.4 is 5.73 Å². The quantitative estimate of drug-likeness (QED) is 0.851. The molecule has 1 aliphatic heterocycles. The molecule has 2 aromatic rings. The molecule has 1 aromatic carbocycles. The summed E-state index contributed by atoms with van der Waals surface area (Å²) in [6.45, 7) is 1.95. The highest BCUT2D eigenvalue weighted by molar-refractivity contribution is 5.80. The molecule has 0 radical (unpaired) electrons. The molecule has 0 saturated carbocycles. The van der Waals surface area contributed by atoms with Crippen molar-refractivity contribution in [2.75, 3.05) is 20.1 Å². The molecule has 2 heterocycles. The third kappa shape index (κ3) is 1.93. The number of nitrogens with one attached hydrogen (secondary N) is 1. The average molecular weight is 243 g/mol. The van der Waals surface area contributed by atoms with Gasteiger partial charge in [0.25, 0.3) is 0 Å². The maximum Gasteiger partial charge on any atom is 0.0454 e. The predicted octanol–water partition coefficient (Wildman–Crippen LogP) is 2.51. The Labute approximate surface area is 108 Å². The molecule has 18 heavy (non-hydrogen) atoms. The van der Waals surface area contributed by atoms with Gasteiger partial charge in [0.1, 0.15) is 0 Å². The summed E-state index contributed by atoms with van der Waals surface area (Å²) in [5.74, 6) is 0.583. The third-order valence-corrected chi connectivity index (χ3v) is 4.23. The second kappa shape index (κ2) is 4.75. The van der Waals surface area contributed by atoms with Crippen molar-refractivity contribution < 1.29 is 0 Å². The molecule has 3 N–H and O–H groups in total. The number of nitrogens with two attached hydrogens (primary N) is 1. The molecule has 0 aliphatic carbocycles. The van der Waals surface area contributed by atoms with E-state index in [1.807, 2.05) is 6.20 Å². The Morgan fingerprint density at radius 3 is 3.11 bits per heavy atom. The van der Waals surface area contributed by atoms with Gasteiger partial charge in [-0.15, -0.1) is 0 Å². The van der Waals surface area contributed by atoms with Crippen LogP contribution in [0.1, 0.15) is 24.4 Å². The molecule has 1 aliphatic rings. The number of rotatable bonds is 2. The van der Waals surface area contributed by atoms with Gasteiger partial charge in [0.05, 0.1) is 0 Å². The number of likely N-dealkylation sites (tertiary alicyclic amines) is 1. The Hall–Kier alpha value is -1.32. The van der Waals surface area contributed by atoms with Crippen molar-refractivity contribution in [3.05, 3.63) is 36.0 Å². The molecule has 1 aromatic heterocycles. The molecular weight excluding hydrogens is 222 g/mol. The summed E-state index contributed by atoms with van der Waals surface area (Å²) < 4.78 is 0. The zero-order chi connectivity index (χ0) is 12.5. The monoisotopic (exact) mass is 243 g/mol. The average Bonchev–Trinajstić information content (AvgIpc) is 2.85. The smallest absolute Gasteiger partial charge is 0.0454 e. The summed E-state index contributed by atoms with van der Waals surface area (Å²) >= 11 is 0. The Kier molecular flexibility index (Phi) is 3.10. The van der Waals surface area contributed by atoms with Crippen molar-refractivity contribution >= 4 is 10.9 Å². The van der Waals surface area contributed by atoms with Crippen LogP contribution in [0.2, 0.25) is 0 Å². The highest BCUT2D eigenvalue weighted by Gasteiger charge is 2.29. The van der Waals surface area contributed by atoms with E-state index in [9.17, 15) is 0 Å². The van der Waals surface area contributed by atoms with E-state index in [1.165, 1.54) is 35.9 Å². The van der Waals surface area contributed by atoms with Gasteiger partial charge in [0.2, 0.25) is 0 Å². The number of nitrogens with zero attached hydrogens (tertiary/aromatic N) is 1. The summed E-state index contributed by atoms with van der Waals surface area (Å²) in [6, 6.07) is 9.34. The number of aromatic amines is 1. The van der Waals surface area contributed by atoms with E-state index in [4.69, 9.17) is 5.73 Å². The van der Waals surface area contributed by atoms with Crippen molar-refractivity contribution in [3.8, 4) is 0 Å². The number of aromatic nitrogens is 1. The van der Waals surface area contributed by atoms with Gasteiger partial charge in [0.15, 0.2) is 0 Å². The minimum atomic E-state index is 0.475. The van der Waals surface area contributed by atoms with Crippen LogP contribution in [-0.4, -0.2) is 30.0 Å². The molecule has 3 rings (SSSR count). The number of fused-ring (bicyclic) bond motifs is 1. The van der Waals surface area contributed by atoms with Gasteiger partial charge in [0, 0.05) is 17.8 Å². The maximum atomic E-state index is 5.95. The third-order valence-electron chi connectivity index (χ3n) is 4.23. The lowest BCUT2D eigenvalue weighted by Crippen LogP contribution is -2.39. The molecule has 0 bridgehead atoms. The molecule has 0 amide bonds. The first-order valence-corrected chi connectivity index (χ1v) is 6.77. The molecule has 2 atom stereocenters. The van der Waals surface area contributed by atoms with Gasteiger partial charge in [-0.05, 0) is 68.0 Å². The number of hydrogen-bond acceptors (Lipinski definition) is 2. The molecule has 0 spiro atoms. The Balaban J connectivity index is 1.99. The topological polar surface area (TPSA) is 45.0 Å². The summed E-state index contributed by atoms with van der Waals surface area (Å²) in [5, 5.41) is 1.29. The first-order chi connectivity index (χ1) is 8.79. The first kappa shape index (κ1) is 11.8. The molecule has 1 fully saturated rings. The van der Waals surface area contributed by atoms with Crippen LogP contribution in [0.25, 0.3) is 10.9 Å². The number of H-pyrrole nitrogens is 1. The summed E-state index contributed by atoms with van der Waals surface area (Å²) in [5.41, 5.74) is 8.57. The zero-order valence-electron chi connectivity index (χ0n) is 10.9. The predicted molar refractivity (Wildman–Crippen MR) is 75.4 cm³/mol. The maximum absolute atomic E-state index is 5.95. The van der Waals surface area contributed by atoms with Crippen LogP contribution in [-0.2, 0) is 0 Å². The van der Waals surface area contributed by atoms with E-state index in [2.05, 4.69) is 41.2 Å². The number of piperidine rings is 1.